The molecule has 6 rings (SSSR count). The number of nitriles is 1. The number of nitrogens with zero attached hydrogens (tertiary/aromatic N) is 1. The minimum Gasteiger partial charge on any atom is -0.457 e. The molecule has 1 atom stereocenters. The summed E-state index contributed by atoms with van der Waals surface area (Å²) in [6.07, 6.45) is 0. The number of fused-ring (bicyclic) bond motifs is 9. The molecule has 1 heterocycles. The number of hydrogen-bond donors (Lipinski definition) is 1. The minimum atomic E-state index is -1.02. The second kappa shape index (κ2) is 8.08. The first-order valence-electron chi connectivity index (χ1n) is 12.5. The highest BCUT2D eigenvalue weighted by Crippen LogP contribution is 2.61. The molecule has 4 nitrogen and oxygen atoms in total. The van der Waals surface area contributed by atoms with E-state index >= 15 is 0 Å². The number of hydrogen-bond acceptors (Lipinski definition) is 4. The van der Waals surface area contributed by atoms with E-state index in [9.17, 15) is 10.4 Å². The molecule has 0 fully saturated rings. The average molecular weight is 484 g/mol. The summed E-state index contributed by atoms with van der Waals surface area (Å²) in [5.41, 5.74) is 5.58. The highest BCUT2D eigenvalue weighted by molar-refractivity contribution is 6.47. The second-order valence-corrected chi connectivity index (χ2v) is 10.8. The Hall–Kier alpha value is -3.85. The topological polar surface area (TPSA) is 62.5 Å². The molecule has 181 valence electrons. The number of aliphatic hydroxyl groups is 1. The summed E-state index contributed by atoms with van der Waals surface area (Å²) in [4.78, 5) is 0. The van der Waals surface area contributed by atoms with Crippen LogP contribution < -0.4 is 10.2 Å². The number of benzene rings is 4. The van der Waals surface area contributed by atoms with Gasteiger partial charge in [0, 0.05) is 11.1 Å². The van der Waals surface area contributed by atoms with Gasteiger partial charge in [-0.3, -0.25) is 0 Å². The van der Waals surface area contributed by atoms with Crippen LogP contribution in [0.4, 0.5) is 0 Å². The van der Waals surface area contributed by atoms with Crippen molar-refractivity contribution in [2.45, 2.75) is 44.3 Å². The summed E-state index contributed by atoms with van der Waals surface area (Å²) in [6.45, 7) is 7.25. The molecule has 0 aromatic heterocycles. The summed E-state index contributed by atoms with van der Waals surface area (Å²) in [7, 11) is 1.73. The standard InChI is InChI=1S/C32H27BNO3/c1-30(2,35)31(3,4)37-33-21-14-15-23-22-9-5-6-10-24(22)32(26(23)18-21)25-11-7-8-12-28(25)36-29-16-13-20(19-34)17-27(29)32/h5-18,35H,1-4H3. The molecule has 1 aliphatic heterocycles. The first kappa shape index (κ1) is 23.5. The van der Waals surface area contributed by atoms with Crippen molar-refractivity contribution in [1.29, 1.82) is 5.26 Å². The van der Waals surface area contributed by atoms with Crippen LogP contribution in [0.5, 0.6) is 11.5 Å². The SMILES string of the molecule is CC(C)(O)C(C)(C)O[B]c1ccc2c(c1)C1(c3ccccc3Oc3ccc(C#N)cc31)c1ccccc1-2. The fourth-order valence-corrected chi connectivity index (χ4v) is 5.42. The fraction of sp³-hybridized carbons (Fsp3) is 0.219. The van der Waals surface area contributed by atoms with Crippen molar-refractivity contribution in [3.8, 4) is 28.7 Å². The van der Waals surface area contributed by atoms with Gasteiger partial charge >= 0.3 is 7.48 Å². The van der Waals surface area contributed by atoms with Gasteiger partial charge in [0.15, 0.2) is 0 Å². The molecule has 2 aliphatic rings. The molecular formula is C32H27BNO3. The van der Waals surface area contributed by atoms with E-state index in [1.807, 2.05) is 50.2 Å². The predicted octanol–water partition coefficient (Wildman–Crippen LogP) is 5.84. The van der Waals surface area contributed by atoms with Gasteiger partial charge in [0.05, 0.1) is 28.2 Å². The molecule has 0 amide bonds. The largest absolute Gasteiger partial charge is 0.457 e. The van der Waals surface area contributed by atoms with Gasteiger partial charge in [0.25, 0.3) is 0 Å². The van der Waals surface area contributed by atoms with Crippen LogP contribution in [-0.4, -0.2) is 23.8 Å². The Balaban J connectivity index is 1.62. The Kier molecular flexibility index (Phi) is 5.14. The molecular weight excluding hydrogens is 457 g/mol. The van der Waals surface area contributed by atoms with Crippen molar-refractivity contribution >= 4 is 12.9 Å². The van der Waals surface area contributed by atoms with Crippen molar-refractivity contribution in [3.05, 3.63) is 113 Å². The maximum absolute atomic E-state index is 10.6. The van der Waals surface area contributed by atoms with Crippen molar-refractivity contribution in [2.24, 2.45) is 0 Å². The molecule has 0 saturated heterocycles. The first-order chi connectivity index (χ1) is 17.7. The molecule has 0 bridgehead atoms. The maximum atomic E-state index is 10.6. The molecule has 1 spiro atoms. The van der Waals surface area contributed by atoms with Crippen LogP contribution in [0.1, 0.15) is 55.5 Å². The Morgan fingerprint density at radius 1 is 0.784 bits per heavy atom. The van der Waals surface area contributed by atoms with Gasteiger partial charge in [-0.1, -0.05) is 66.1 Å². The van der Waals surface area contributed by atoms with Gasteiger partial charge < -0.3 is 14.5 Å². The zero-order valence-electron chi connectivity index (χ0n) is 21.4. The first-order valence-corrected chi connectivity index (χ1v) is 12.5. The fourth-order valence-electron chi connectivity index (χ4n) is 5.42. The third kappa shape index (κ3) is 3.37. The van der Waals surface area contributed by atoms with E-state index in [0.29, 0.717) is 5.56 Å². The van der Waals surface area contributed by atoms with Gasteiger partial charge in [0.2, 0.25) is 0 Å². The van der Waals surface area contributed by atoms with E-state index in [2.05, 4.69) is 48.5 Å². The van der Waals surface area contributed by atoms with Crippen LogP contribution in [-0.2, 0) is 10.1 Å². The Morgan fingerprint density at radius 2 is 1.46 bits per heavy atom. The quantitative estimate of drug-likeness (QED) is 0.320. The average Bonchev–Trinajstić information content (AvgIpc) is 3.17. The monoisotopic (exact) mass is 484 g/mol. The van der Waals surface area contributed by atoms with Crippen molar-refractivity contribution in [1.82, 2.24) is 0 Å². The number of para-hydroxylation sites is 1. The second-order valence-electron chi connectivity index (χ2n) is 10.8. The molecule has 4 aromatic carbocycles. The highest BCUT2D eigenvalue weighted by atomic mass is 16.5. The molecule has 37 heavy (non-hydrogen) atoms. The van der Waals surface area contributed by atoms with Gasteiger partial charge in [-0.05, 0) is 74.2 Å². The van der Waals surface area contributed by atoms with E-state index in [-0.39, 0.29) is 0 Å². The van der Waals surface area contributed by atoms with Crippen LogP contribution >= 0.6 is 0 Å². The number of ether oxygens (including phenoxy) is 1. The lowest BCUT2D eigenvalue weighted by Gasteiger charge is -2.39. The Labute approximate surface area is 218 Å². The highest BCUT2D eigenvalue weighted by Gasteiger charge is 2.51. The Morgan fingerprint density at radius 3 is 2.22 bits per heavy atom. The van der Waals surface area contributed by atoms with Gasteiger partial charge in [-0.15, -0.1) is 0 Å². The lowest BCUT2D eigenvalue weighted by molar-refractivity contribution is -0.0893. The molecule has 1 unspecified atom stereocenters. The van der Waals surface area contributed by atoms with E-state index < -0.39 is 16.6 Å². The summed E-state index contributed by atoms with van der Waals surface area (Å²) in [5, 5.41) is 20.4. The zero-order chi connectivity index (χ0) is 26.0. The van der Waals surface area contributed by atoms with E-state index in [1.54, 1.807) is 27.4 Å². The third-order valence-corrected chi connectivity index (χ3v) is 8.06. The van der Waals surface area contributed by atoms with E-state index in [4.69, 9.17) is 9.39 Å². The van der Waals surface area contributed by atoms with Crippen molar-refractivity contribution < 1.29 is 14.5 Å². The van der Waals surface area contributed by atoms with Gasteiger partial charge in [-0.2, -0.15) is 5.26 Å². The molecule has 1 N–H and O–H groups in total. The van der Waals surface area contributed by atoms with E-state index in [1.165, 1.54) is 0 Å². The molecule has 1 radical (unpaired) electrons. The normalized spacial score (nSPS) is 17.2. The molecule has 4 aromatic rings. The third-order valence-electron chi connectivity index (χ3n) is 8.06. The summed E-state index contributed by atoms with van der Waals surface area (Å²) < 4.78 is 12.5. The molecule has 0 saturated carbocycles. The van der Waals surface area contributed by atoms with Gasteiger partial charge in [-0.25, -0.2) is 0 Å². The molecule has 5 heteroatoms. The number of rotatable bonds is 4. The maximum Gasteiger partial charge on any atom is 0.330 e. The smallest absolute Gasteiger partial charge is 0.330 e. The summed E-state index contributed by atoms with van der Waals surface area (Å²) >= 11 is 0. The molecule has 1 aliphatic carbocycles. The lowest BCUT2D eigenvalue weighted by atomic mass is 9.65. The summed E-state index contributed by atoms with van der Waals surface area (Å²) in [5.74, 6) is 1.55. The van der Waals surface area contributed by atoms with Crippen molar-refractivity contribution in [3.63, 3.8) is 0 Å². The summed E-state index contributed by atoms with van der Waals surface area (Å²) in [6, 6.07) is 30.9. The van der Waals surface area contributed by atoms with Crippen LogP contribution in [0.25, 0.3) is 11.1 Å². The lowest BCUT2D eigenvalue weighted by Crippen LogP contribution is -2.49. The van der Waals surface area contributed by atoms with Crippen molar-refractivity contribution in [2.75, 3.05) is 0 Å². The van der Waals surface area contributed by atoms with E-state index in [0.717, 1.165) is 50.3 Å². The van der Waals surface area contributed by atoms with Crippen LogP contribution in [0.2, 0.25) is 0 Å². The minimum absolute atomic E-state index is 0.588. The van der Waals surface area contributed by atoms with Crippen LogP contribution in [0.3, 0.4) is 0 Å². The van der Waals surface area contributed by atoms with Crippen LogP contribution in [0, 0.1) is 11.3 Å². The zero-order valence-corrected chi connectivity index (χ0v) is 21.4. The predicted molar refractivity (Wildman–Crippen MR) is 145 cm³/mol. The van der Waals surface area contributed by atoms with Crippen LogP contribution in [0.15, 0.2) is 84.9 Å². The van der Waals surface area contributed by atoms with Gasteiger partial charge in [0.1, 0.15) is 11.5 Å². The Bertz CT molecular complexity index is 1590.